The third kappa shape index (κ3) is 3.13. The van der Waals surface area contributed by atoms with Gasteiger partial charge in [0.25, 0.3) is 11.9 Å². The van der Waals surface area contributed by atoms with Crippen LogP contribution in [0.4, 0.5) is 27.6 Å². The molecule has 0 radical (unpaired) electrons. The van der Waals surface area contributed by atoms with Crippen LogP contribution in [0.1, 0.15) is 5.56 Å². The van der Waals surface area contributed by atoms with Crippen molar-refractivity contribution in [2.45, 2.75) is 0 Å². The van der Waals surface area contributed by atoms with E-state index in [1.54, 1.807) is 5.43 Å². The Balaban J connectivity index is 2.21. The number of ether oxygens (including phenoxy) is 1. The van der Waals surface area contributed by atoms with Gasteiger partial charge in [0.05, 0.1) is 13.3 Å². The average Bonchev–Trinajstić information content (AvgIpc) is 2.49. The molecule has 0 spiro atoms. The number of methoxy groups -OCH3 is 1. The number of benzene rings is 1. The molecule has 0 unspecified atom stereocenters. The highest BCUT2D eigenvalue weighted by Gasteiger charge is 2.20. The summed E-state index contributed by atoms with van der Waals surface area (Å²) in [6.07, 6.45) is 0.998. The molecule has 1 aromatic heterocycles. The van der Waals surface area contributed by atoms with E-state index in [9.17, 15) is 22.0 Å². The van der Waals surface area contributed by atoms with Crippen LogP contribution in [0.15, 0.2) is 23.3 Å². The van der Waals surface area contributed by atoms with E-state index < -0.39 is 35.0 Å². The van der Waals surface area contributed by atoms with Crippen LogP contribution < -0.4 is 10.2 Å². The van der Waals surface area contributed by atoms with Gasteiger partial charge >= 0.3 is 0 Å². The molecular weight excluding hydrogens is 309 g/mol. The number of nitrogens with zero attached hydrogens (tertiary/aromatic N) is 2. The fraction of sp³-hybridized carbons (Fsp3) is 0.0769. The molecule has 2 rings (SSSR count). The minimum absolute atomic E-state index is 0.000439. The van der Waals surface area contributed by atoms with Gasteiger partial charge in [-0.05, 0) is 23.8 Å². The topological polar surface area (TPSA) is 46.5 Å². The number of aromatic nitrogens is 1. The number of hydrazone groups is 1. The van der Waals surface area contributed by atoms with E-state index in [1.165, 1.54) is 19.2 Å². The number of anilines is 1. The van der Waals surface area contributed by atoms with Gasteiger partial charge in [-0.2, -0.15) is 27.6 Å². The van der Waals surface area contributed by atoms with Gasteiger partial charge in [-0.3, -0.25) is 5.43 Å². The molecule has 1 heterocycles. The number of hydrogen-bond donors (Lipinski definition) is 1. The van der Waals surface area contributed by atoms with Crippen LogP contribution in [0, 0.1) is 29.3 Å². The van der Waals surface area contributed by atoms with Gasteiger partial charge in [0.15, 0.2) is 11.6 Å². The van der Waals surface area contributed by atoms with Gasteiger partial charge in [-0.15, -0.1) is 0 Å². The third-order valence-electron chi connectivity index (χ3n) is 2.56. The lowest BCUT2D eigenvalue weighted by atomic mass is 10.2. The van der Waals surface area contributed by atoms with E-state index >= 15 is 0 Å². The van der Waals surface area contributed by atoms with Crippen LogP contribution in [0.5, 0.6) is 5.75 Å². The predicted octanol–water partition coefficient (Wildman–Crippen LogP) is 3.23. The molecule has 0 amide bonds. The first-order valence-corrected chi connectivity index (χ1v) is 5.76. The summed E-state index contributed by atoms with van der Waals surface area (Å²) in [5, 5.41) is 3.39. The van der Waals surface area contributed by atoms with Gasteiger partial charge in [0.1, 0.15) is 5.69 Å². The van der Waals surface area contributed by atoms with Gasteiger partial charge in [-0.1, -0.05) is 0 Å². The molecule has 0 fully saturated rings. The number of nitrogens with one attached hydrogen (secondary N) is 1. The molecule has 2 aromatic rings. The minimum atomic E-state index is -1.81. The molecule has 0 saturated heterocycles. The lowest BCUT2D eigenvalue weighted by Gasteiger charge is -2.05. The van der Waals surface area contributed by atoms with Crippen molar-refractivity contribution >= 4 is 11.9 Å². The summed E-state index contributed by atoms with van der Waals surface area (Å²) < 4.78 is 70.4. The summed E-state index contributed by atoms with van der Waals surface area (Å²) >= 11 is 0. The molecule has 116 valence electrons. The van der Waals surface area contributed by atoms with Crippen LogP contribution in [-0.2, 0) is 0 Å². The maximum Gasteiger partial charge on any atom is 0.254 e. The average molecular weight is 317 g/mol. The van der Waals surface area contributed by atoms with Gasteiger partial charge < -0.3 is 4.74 Å². The Morgan fingerprint density at radius 2 is 1.73 bits per heavy atom. The smallest absolute Gasteiger partial charge is 0.254 e. The Morgan fingerprint density at radius 1 is 1.09 bits per heavy atom. The summed E-state index contributed by atoms with van der Waals surface area (Å²) in [7, 11) is 1.28. The second-order valence-corrected chi connectivity index (χ2v) is 3.96. The standard InChI is InChI=1S/C13H8F5N3O/c1-22-8-3-2-6(4-7(8)14)5-19-21-11-9(15)12(17)20-13(18)10(11)16/h2-5H,1H3,(H,20,21)/b19-5-. The largest absolute Gasteiger partial charge is 0.494 e. The lowest BCUT2D eigenvalue weighted by molar-refractivity contribution is 0.386. The maximum absolute atomic E-state index is 13.4. The monoisotopic (exact) mass is 317 g/mol. The van der Waals surface area contributed by atoms with Crippen molar-refractivity contribution in [2.24, 2.45) is 5.10 Å². The summed E-state index contributed by atoms with van der Waals surface area (Å²) in [6.45, 7) is 0. The predicted molar refractivity (Wildman–Crippen MR) is 68.2 cm³/mol. The van der Waals surface area contributed by atoms with Crippen LogP contribution in [0.25, 0.3) is 0 Å². The van der Waals surface area contributed by atoms with Crippen LogP contribution in [-0.4, -0.2) is 18.3 Å². The Hall–Kier alpha value is -2.71. The fourth-order valence-corrected chi connectivity index (χ4v) is 1.52. The van der Waals surface area contributed by atoms with Crippen molar-refractivity contribution in [3.8, 4) is 5.75 Å². The summed E-state index contributed by atoms with van der Waals surface area (Å²) in [5.41, 5.74) is 0.886. The molecule has 0 bridgehead atoms. The molecule has 0 aliphatic rings. The molecule has 0 saturated carbocycles. The van der Waals surface area contributed by atoms with E-state index in [2.05, 4.69) is 10.1 Å². The van der Waals surface area contributed by atoms with Crippen molar-refractivity contribution < 1.29 is 26.7 Å². The van der Waals surface area contributed by atoms with Crippen molar-refractivity contribution in [3.05, 3.63) is 53.1 Å². The second kappa shape index (κ2) is 6.37. The van der Waals surface area contributed by atoms with Crippen LogP contribution >= 0.6 is 0 Å². The second-order valence-electron chi connectivity index (χ2n) is 3.96. The first-order chi connectivity index (χ1) is 10.4. The van der Waals surface area contributed by atoms with Crippen LogP contribution in [0.2, 0.25) is 0 Å². The molecule has 0 aliphatic carbocycles. The molecule has 22 heavy (non-hydrogen) atoms. The lowest BCUT2D eigenvalue weighted by Crippen LogP contribution is -2.05. The summed E-state index contributed by atoms with van der Waals surface area (Å²) in [4.78, 5) is 2.39. The first-order valence-electron chi connectivity index (χ1n) is 5.76. The van der Waals surface area contributed by atoms with Crippen LogP contribution in [0.3, 0.4) is 0 Å². The van der Waals surface area contributed by atoms with Gasteiger partial charge in [0, 0.05) is 0 Å². The summed E-state index contributed by atoms with van der Waals surface area (Å²) in [6, 6.07) is 3.77. The number of rotatable bonds is 4. The number of halogens is 5. The Labute approximate surface area is 121 Å². The molecular formula is C13H8F5N3O. The zero-order chi connectivity index (χ0) is 16.3. The Morgan fingerprint density at radius 3 is 2.27 bits per heavy atom. The fourth-order valence-electron chi connectivity index (χ4n) is 1.52. The van der Waals surface area contributed by atoms with E-state index in [0.29, 0.717) is 0 Å². The molecule has 1 N–H and O–H groups in total. The van der Waals surface area contributed by atoms with E-state index in [1.807, 2.05) is 0 Å². The highest BCUT2D eigenvalue weighted by Crippen LogP contribution is 2.22. The maximum atomic E-state index is 13.4. The third-order valence-corrected chi connectivity index (χ3v) is 2.56. The number of pyridine rings is 1. The normalized spacial score (nSPS) is 11.0. The highest BCUT2D eigenvalue weighted by molar-refractivity contribution is 5.80. The first kappa shape index (κ1) is 15.7. The molecule has 4 nitrogen and oxygen atoms in total. The molecule has 0 atom stereocenters. The van der Waals surface area contributed by atoms with Crippen molar-refractivity contribution in [2.75, 3.05) is 12.5 Å². The zero-order valence-electron chi connectivity index (χ0n) is 11.0. The van der Waals surface area contributed by atoms with Crippen molar-refractivity contribution in [1.82, 2.24) is 4.98 Å². The number of hydrogen-bond acceptors (Lipinski definition) is 4. The van der Waals surface area contributed by atoms with E-state index in [-0.39, 0.29) is 11.3 Å². The van der Waals surface area contributed by atoms with E-state index in [0.717, 1.165) is 12.3 Å². The zero-order valence-corrected chi connectivity index (χ0v) is 11.0. The quantitative estimate of drug-likeness (QED) is 0.408. The highest BCUT2D eigenvalue weighted by atomic mass is 19.2. The van der Waals surface area contributed by atoms with E-state index in [4.69, 9.17) is 4.74 Å². The van der Waals surface area contributed by atoms with Crippen molar-refractivity contribution in [3.63, 3.8) is 0 Å². The SMILES string of the molecule is COc1ccc(/C=N\Nc2c(F)c(F)nc(F)c2F)cc1F. The Bertz CT molecular complexity index is 710. The van der Waals surface area contributed by atoms with Crippen molar-refractivity contribution in [1.29, 1.82) is 0 Å². The Kier molecular flexibility index (Phi) is 4.54. The molecule has 9 heteroatoms. The molecule has 1 aromatic carbocycles. The summed E-state index contributed by atoms with van der Waals surface area (Å²) in [5.74, 6) is -7.75. The van der Waals surface area contributed by atoms with Gasteiger partial charge in [0.2, 0.25) is 11.6 Å². The molecule has 0 aliphatic heterocycles. The minimum Gasteiger partial charge on any atom is -0.494 e. The van der Waals surface area contributed by atoms with Gasteiger partial charge in [-0.25, -0.2) is 4.39 Å².